The zero-order valence-electron chi connectivity index (χ0n) is 11.7. The van der Waals surface area contributed by atoms with E-state index in [1.54, 1.807) is 0 Å². The Balaban J connectivity index is 2.00. The molecule has 0 amide bonds. The Hall–Kier alpha value is -1.82. The molecule has 0 spiro atoms. The van der Waals surface area contributed by atoms with E-state index in [0.717, 1.165) is 24.0 Å². The monoisotopic (exact) mass is 257 g/mol. The smallest absolute Gasteiger partial charge is 0.310 e. The molecule has 19 heavy (non-hydrogen) atoms. The Morgan fingerprint density at radius 2 is 1.89 bits per heavy atom. The first-order valence-electron chi connectivity index (χ1n) is 6.57. The van der Waals surface area contributed by atoms with Crippen LogP contribution in [-0.2, 0) is 21.4 Å². The molecule has 0 unspecified atom stereocenters. The Morgan fingerprint density at radius 1 is 1.32 bits per heavy atom. The van der Waals surface area contributed by atoms with Crippen LogP contribution < -0.4 is 0 Å². The standard InChI is InChI=1S/C16H19NO2/c1-15(2,3)19-14(18)10-12-4-6-13(7-5-12)16(11-17)8-9-16/h4-7H,8-10H2,1-3H3. The third-order valence-corrected chi connectivity index (χ3v) is 3.24. The van der Waals surface area contributed by atoms with Gasteiger partial charge in [0.05, 0.1) is 17.9 Å². The van der Waals surface area contributed by atoms with Crippen LogP contribution >= 0.6 is 0 Å². The maximum Gasteiger partial charge on any atom is 0.310 e. The summed E-state index contributed by atoms with van der Waals surface area (Å²) in [5.74, 6) is -0.221. The minimum Gasteiger partial charge on any atom is -0.460 e. The summed E-state index contributed by atoms with van der Waals surface area (Å²) >= 11 is 0. The van der Waals surface area contributed by atoms with E-state index in [9.17, 15) is 4.79 Å². The van der Waals surface area contributed by atoms with E-state index >= 15 is 0 Å². The Labute approximate surface area is 114 Å². The van der Waals surface area contributed by atoms with E-state index in [4.69, 9.17) is 10.00 Å². The largest absolute Gasteiger partial charge is 0.460 e. The van der Waals surface area contributed by atoms with Gasteiger partial charge in [0.25, 0.3) is 0 Å². The second kappa shape index (κ2) is 4.70. The van der Waals surface area contributed by atoms with Crippen LogP contribution in [-0.4, -0.2) is 11.6 Å². The van der Waals surface area contributed by atoms with Gasteiger partial charge in [0, 0.05) is 0 Å². The minimum atomic E-state index is -0.449. The van der Waals surface area contributed by atoms with E-state index in [0.29, 0.717) is 0 Å². The van der Waals surface area contributed by atoms with Crippen molar-refractivity contribution >= 4 is 5.97 Å². The summed E-state index contributed by atoms with van der Waals surface area (Å²) in [6, 6.07) is 10.1. The van der Waals surface area contributed by atoms with Crippen LogP contribution in [0.2, 0.25) is 0 Å². The summed E-state index contributed by atoms with van der Waals surface area (Å²) < 4.78 is 5.28. The fraction of sp³-hybridized carbons (Fsp3) is 0.500. The molecule has 3 heteroatoms. The Morgan fingerprint density at radius 3 is 2.32 bits per heavy atom. The first-order chi connectivity index (χ1) is 8.85. The third-order valence-electron chi connectivity index (χ3n) is 3.24. The first kappa shape index (κ1) is 13.6. The molecule has 0 N–H and O–H groups in total. The van der Waals surface area contributed by atoms with E-state index in [-0.39, 0.29) is 17.8 Å². The molecule has 0 aromatic heterocycles. The highest BCUT2D eigenvalue weighted by Crippen LogP contribution is 2.47. The average molecular weight is 257 g/mol. The van der Waals surface area contributed by atoms with E-state index in [2.05, 4.69) is 6.07 Å². The van der Waals surface area contributed by atoms with Gasteiger partial charge in [0.2, 0.25) is 0 Å². The second-order valence-corrected chi connectivity index (χ2v) is 6.15. The lowest BCUT2D eigenvalue weighted by atomic mass is 9.96. The third kappa shape index (κ3) is 3.35. The number of nitrogens with zero attached hydrogens (tertiary/aromatic N) is 1. The van der Waals surface area contributed by atoms with Gasteiger partial charge in [-0.2, -0.15) is 5.26 Å². The van der Waals surface area contributed by atoms with Crippen molar-refractivity contribution < 1.29 is 9.53 Å². The molecule has 0 atom stereocenters. The molecule has 2 rings (SSSR count). The van der Waals surface area contributed by atoms with Crippen LogP contribution in [0.4, 0.5) is 0 Å². The van der Waals surface area contributed by atoms with Gasteiger partial charge >= 0.3 is 5.97 Å². The number of rotatable bonds is 3. The second-order valence-electron chi connectivity index (χ2n) is 6.15. The molecule has 100 valence electrons. The highest BCUT2D eigenvalue weighted by molar-refractivity contribution is 5.73. The summed E-state index contributed by atoms with van der Waals surface area (Å²) in [4.78, 5) is 11.7. The molecule has 3 nitrogen and oxygen atoms in total. The number of esters is 1. The van der Waals surface area contributed by atoms with Gasteiger partial charge in [0.1, 0.15) is 5.60 Å². The van der Waals surface area contributed by atoms with Gasteiger partial charge < -0.3 is 4.74 Å². The number of carbonyl (C=O) groups is 1. The Bertz CT molecular complexity index is 513. The zero-order valence-corrected chi connectivity index (χ0v) is 11.7. The molecule has 0 heterocycles. The van der Waals surface area contributed by atoms with Crippen molar-refractivity contribution in [2.24, 2.45) is 0 Å². The lowest BCUT2D eigenvalue weighted by molar-refractivity contribution is -0.153. The summed E-state index contributed by atoms with van der Waals surface area (Å²) in [6.45, 7) is 5.58. The molecule has 1 aromatic rings. The van der Waals surface area contributed by atoms with Crippen LogP contribution in [0.25, 0.3) is 0 Å². The number of benzene rings is 1. The van der Waals surface area contributed by atoms with Crippen LogP contribution in [0.15, 0.2) is 24.3 Å². The van der Waals surface area contributed by atoms with E-state index in [1.807, 2.05) is 45.0 Å². The normalized spacial score (nSPS) is 16.5. The van der Waals surface area contributed by atoms with Crippen molar-refractivity contribution in [2.45, 2.75) is 51.0 Å². The van der Waals surface area contributed by atoms with Gasteiger partial charge in [-0.3, -0.25) is 4.79 Å². The molecule has 1 aliphatic rings. The molecular weight excluding hydrogens is 238 g/mol. The van der Waals surface area contributed by atoms with Crippen LogP contribution in [0.1, 0.15) is 44.7 Å². The molecule has 1 saturated carbocycles. The topological polar surface area (TPSA) is 50.1 Å². The van der Waals surface area contributed by atoms with Crippen molar-refractivity contribution in [1.29, 1.82) is 5.26 Å². The summed E-state index contributed by atoms with van der Waals surface area (Å²) in [6.07, 6.45) is 2.15. The SMILES string of the molecule is CC(C)(C)OC(=O)Cc1ccc(C2(C#N)CC2)cc1. The van der Waals surface area contributed by atoms with Gasteiger partial charge in [-0.25, -0.2) is 0 Å². The Kier molecular flexibility index (Phi) is 3.36. The fourth-order valence-corrected chi connectivity index (χ4v) is 2.08. The van der Waals surface area contributed by atoms with Gasteiger partial charge in [0.15, 0.2) is 0 Å². The molecule has 0 saturated heterocycles. The number of hydrogen-bond acceptors (Lipinski definition) is 3. The quantitative estimate of drug-likeness (QED) is 0.782. The molecule has 0 radical (unpaired) electrons. The lowest BCUT2D eigenvalue weighted by Crippen LogP contribution is -2.24. The maximum absolute atomic E-state index is 11.7. The minimum absolute atomic E-state index is 0.221. The number of nitriles is 1. The number of hydrogen-bond donors (Lipinski definition) is 0. The van der Waals surface area contributed by atoms with Crippen molar-refractivity contribution in [3.8, 4) is 6.07 Å². The molecule has 0 aliphatic heterocycles. The van der Waals surface area contributed by atoms with Gasteiger partial charge in [-0.05, 0) is 44.7 Å². The van der Waals surface area contributed by atoms with Crippen LogP contribution in [0.3, 0.4) is 0 Å². The highest BCUT2D eigenvalue weighted by Gasteiger charge is 2.44. The lowest BCUT2D eigenvalue weighted by Gasteiger charge is -2.19. The average Bonchev–Trinajstić information content (AvgIpc) is 3.08. The van der Waals surface area contributed by atoms with Crippen molar-refractivity contribution in [2.75, 3.05) is 0 Å². The van der Waals surface area contributed by atoms with E-state index < -0.39 is 5.60 Å². The van der Waals surface area contributed by atoms with Crippen molar-refractivity contribution in [1.82, 2.24) is 0 Å². The molecular formula is C16H19NO2. The number of ether oxygens (including phenoxy) is 1. The van der Waals surface area contributed by atoms with Gasteiger partial charge in [-0.15, -0.1) is 0 Å². The van der Waals surface area contributed by atoms with Crippen molar-refractivity contribution in [3.05, 3.63) is 35.4 Å². The fourth-order valence-electron chi connectivity index (χ4n) is 2.08. The molecule has 1 aromatic carbocycles. The van der Waals surface area contributed by atoms with Gasteiger partial charge in [-0.1, -0.05) is 24.3 Å². The van der Waals surface area contributed by atoms with E-state index in [1.165, 1.54) is 0 Å². The highest BCUT2D eigenvalue weighted by atomic mass is 16.6. The molecule has 1 aliphatic carbocycles. The van der Waals surface area contributed by atoms with Crippen molar-refractivity contribution in [3.63, 3.8) is 0 Å². The van der Waals surface area contributed by atoms with Crippen LogP contribution in [0.5, 0.6) is 0 Å². The summed E-state index contributed by atoms with van der Waals surface area (Å²) in [7, 11) is 0. The van der Waals surface area contributed by atoms with Crippen LogP contribution in [0, 0.1) is 11.3 Å². The first-order valence-corrected chi connectivity index (χ1v) is 6.57. The summed E-state index contributed by atoms with van der Waals surface area (Å²) in [5.41, 5.74) is 1.27. The number of carbonyl (C=O) groups excluding carboxylic acids is 1. The predicted molar refractivity (Wildman–Crippen MR) is 72.5 cm³/mol. The zero-order chi connectivity index (χ0) is 14.1. The summed E-state index contributed by atoms with van der Waals surface area (Å²) in [5, 5.41) is 9.13. The molecule has 0 bridgehead atoms. The molecule has 1 fully saturated rings. The predicted octanol–water partition coefficient (Wildman–Crippen LogP) is 3.13. The maximum atomic E-state index is 11.7.